The van der Waals surface area contributed by atoms with Crippen LogP contribution in [0.4, 0.5) is 4.39 Å². The Balaban J connectivity index is 1.51. The topological polar surface area (TPSA) is 61.4 Å². The van der Waals surface area contributed by atoms with E-state index in [2.05, 4.69) is 34.8 Å². The minimum atomic E-state index is -0.892. The zero-order chi connectivity index (χ0) is 21.0. The smallest absolute Gasteiger partial charge is 0.150 e. The number of rotatable bonds is 3. The molecule has 3 aromatic rings. The molecule has 0 aliphatic carbocycles. The number of likely N-dealkylation sites (tertiary alicyclic amines) is 1. The SMILES string of the molecule is Cc1cc(-c2ccnc3[nH]cc(F)c23)ccc1C1(O)C(C)CN(C2COC2)CC1C. The molecule has 5 rings (SSSR count). The first kappa shape index (κ1) is 19.7. The van der Waals surface area contributed by atoms with Crippen LogP contribution < -0.4 is 0 Å². The first-order valence-corrected chi connectivity index (χ1v) is 10.7. The summed E-state index contributed by atoms with van der Waals surface area (Å²) < 4.78 is 19.7. The third kappa shape index (κ3) is 2.89. The van der Waals surface area contributed by atoms with E-state index in [9.17, 15) is 9.50 Å². The number of hydrogen-bond donors (Lipinski definition) is 2. The van der Waals surface area contributed by atoms with Crippen LogP contribution in [0.25, 0.3) is 22.2 Å². The number of nitrogens with one attached hydrogen (secondary N) is 1. The highest BCUT2D eigenvalue weighted by atomic mass is 19.1. The van der Waals surface area contributed by atoms with E-state index in [1.807, 2.05) is 25.1 Å². The number of ether oxygens (including phenoxy) is 1. The van der Waals surface area contributed by atoms with Gasteiger partial charge in [0.05, 0.1) is 30.2 Å². The van der Waals surface area contributed by atoms with Crippen LogP contribution in [0.15, 0.2) is 36.7 Å². The van der Waals surface area contributed by atoms with Gasteiger partial charge in [0, 0.05) is 37.3 Å². The molecule has 2 aliphatic heterocycles. The van der Waals surface area contributed by atoms with Gasteiger partial charge in [-0.3, -0.25) is 4.90 Å². The van der Waals surface area contributed by atoms with Crippen LogP contribution in [-0.4, -0.2) is 52.3 Å². The van der Waals surface area contributed by atoms with Crippen molar-refractivity contribution in [3.63, 3.8) is 0 Å². The summed E-state index contributed by atoms with van der Waals surface area (Å²) in [7, 11) is 0. The highest BCUT2D eigenvalue weighted by molar-refractivity contribution is 5.93. The van der Waals surface area contributed by atoms with Gasteiger partial charge in [0.2, 0.25) is 0 Å². The summed E-state index contributed by atoms with van der Waals surface area (Å²) in [5, 5.41) is 12.4. The Kier molecular flexibility index (Phi) is 4.69. The average Bonchev–Trinajstić information content (AvgIpc) is 3.06. The summed E-state index contributed by atoms with van der Waals surface area (Å²) in [5.74, 6) is -0.106. The van der Waals surface area contributed by atoms with Gasteiger partial charge in [-0.15, -0.1) is 0 Å². The van der Waals surface area contributed by atoms with Crippen molar-refractivity contribution in [1.29, 1.82) is 0 Å². The molecule has 2 unspecified atom stereocenters. The number of halogens is 1. The molecule has 2 fully saturated rings. The second kappa shape index (κ2) is 7.15. The van der Waals surface area contributed by atoms with Crippen LogP contribution in [0, 0.1) is 24.6 Å². The molecule has 0 saturated carbocycles. The maximum atomic E-state index is 14.3. The average molecular weight is 410 g/mol. The Morgan fingerprint density at radius 3 is 2.57 bits per heavy atom. The van der Waals surface area contributed by atoms with Gasteiger partial charge in [-0.25, -0.2) is 9.37 Å². The van der Waals surface area contributed by atoms with Crippen molar-refractivity contribution in [1.82, 2.24) is 14.9 Å². The number of piperidine rings is 1. The number of fused-ring (bicyclic) bond motifs is 1. The minimum Gasteiger partial charge on any atom is -0.384 e. The zero-order valence-corrected chi connectivity index (χ0v) is 17.7. The monoisotopic (exact) mass is 409 g/mol. The fourth-order valence-corrected chi connectivity index (χ4v) is 5.34. The molecular weight excluding hydrogens is 381 g/mol. The predicted octanol–water partition coefficient (Wildman–Crippen LogP) is 3.85. The standard InChI is InChI=1S/C24H28FN3O2/c1-14-8-17(19-6-7-26-23-22(19)21(25)9-27-23)4-5-20(14)24(29)15(2)10-28(11-16(24)3)18-12-30-13-18/h4-9,15-16,18,29H,10-13H2,1-3H3,(H,26,27). The van der Waals surface area contributed by atoms with E-state index in [-0.39, 0.29) is 17.7 Å². The van der Waals surface area contributed by atoms with E-state index in [0.717, 1.165) is 48.6 Å². The third-order valence-electron chi connectivity index (χ3n) is 7.15. The summed E-state index contributed by atoms with van der Waals surface area (Å²) in [6.45, 7) is 9.61. The van der Waals surface area contributed by atoms with Gasteiger partial charge >= 0.3 is 0 Å². The number of aryl methyl sites for hydroxylation is 1. The van der Waals surface area contributed by atoms with Crippen molar-refractivity contribution in [2.75, 3.05) is 26.3 Å². The fraction of sp³-hybridized carbons (Fsp3) is 0.458. The second-order valence-electron chi connectivity index (χ2n) is 9.02. The quantitative estimate of drug-likeness (QED) is 0.690. The van der Waals surface area contributed by atoms with Gasteiger partial charge in [-0.1, -0.05) is 32.0 Å². The number of H-pyrrole nitrogens is 1. The molecule has 0 amide bonds. The third-order valence-corrected chi connectivity index (χ3v) is 7.15. The Morgan fingerprint density at radius 2 is 1.93 bits per heavy atom. The van der Waals surface area contributed by atoms with E-state index < -0.39 is 5.60 Å². The van der Waals surface area contributed by atoms with Crippen LogP contribution in [0.3, 0.4) is 0 Å². The molecule has 2 atom stereocenters. The lowest BCUT2D eigenvalue weighted by atomic mass is 9.69. The van der Waals surface area contributed by atoms with Crippen molar-refractivity contribution in [3.05, 3.63) is 53.6 Å². The highest BCUT2D eigenvalue weighted by Gasteiger charge is 2.48. The maximum absolute atomic E-state index is 14.3. The molecule has 1 aromatic carbocycles. The molecule has 0 bridgehead atoms. The summed E-state index contributed by atoms with van der Waals surface area (Å²) in [6, 6.07) is 8.39. The molecule has 4 heterocycles. The molecule has 0 radical (unpaired) electrons. The molecule has 2 N–H and O–H groups in total. The van der Waals surface area contributed by atoms with Gasteiger partial charge in [-0.2, -0.15) is 0 Å². The van der Waals surface area contributed by atoms with Gasteiger partial charge in [0.1, 0.15) is 5.65 Å². The molecule has 2 aromatic heterocycles. The van der Waals surface area contributed by atoms with Crippen LogP contribution in [0.5, 0.6) is 0 Å². The molecule has 0 spiro atoms. The minimum absolute atomic E-state index is 0.0983. The zero-order valence-electron chi connectivity index (χ0n) is 17.7. The van der Waals surface area contributed by atoms with Gasteiger partial charge in [0.25, 0.3) is 0 Å². The molecule has 2 saturated heterocycles. The van der Waals surface area contributed by atoms with E-state index in [1.54, 1.807) is 6.20 Å². The van der Waals surface area contributed by atoms with Crippen molar-refractivity contribution in [2.45, 2.75) is 32.4 Å². The largest absolute Gasteiger partial charge is 0.384 e. The number of hydrogen-bond acceptors (Lipinski definition) is 4. The molecule has 158 valence electrons. The molecule has 6 heteroatoms. The number of benzene rings is 1. The Bertz CT molecular complexity index is 1080. The highest BCUT2D eigenvalue weighted by Crippen LogP contribution is 2.44. The number of pyridine rings is 1. The molecule has 5 nitrogen and oxygen atoms in total. The van der Waals surface area contributed by atoms with Crippen molar-refractivity contribution >= 4 is 11.0 Å². The van der Waals surface area contributed by atoms with E-state index >= 15 is 0 Å². The summed E-state index contributed by atoms with van der Waals surface area (Å²) >= 11 is 0. The molecular formula is C24H28FN3O2. The predicted molar refractivity (Wildman–Crippen MR) is 115 cm³/mol. The Morgan fingerprint density at radius 1 is 1.20 bits per heavy atom. The van der Waals surface area contributed by atoms with Crippen molar-refractivity contribution in [2.24, 2.45) is 11.8 Å². The first-order valence-electron chi connectivity index (χ1n) is 10.7. The van der Waals surface area contributed by atoms with E-state index in [0.29, 0.717) is 17.1 Å². The number of aliphatic hydroxyl groups is 1. The lowest BCUT2D eigenvalue weighted by Gasteiger charge is -2.52. The summed E-state index contributed by atoms with van der Waals surface area (Å²) in [6.07, 6.45) is 3.03. The Labute approximate surface area is 175 Å². The molecule has 2 aliphatic rings. The number of nitrogens with zero attached hydrogens (tertiary/aromatic N) is 2. The van der Waals surface area contributed by atoms with Crippen LogP contribution in [-0.2, 0) is 10.3 Å². The molecule has 30 heavy (non-hydrogen) atoms. The van der Waals surface area contributed by atoms with E-state index in [4.69, 9.17) is 4.74 Å². The van der Waals surface area contributed by atoms with Crippen LogP contribution in [0.1, 0.15) is 25.0 Å². The lowest BCUT2D eigenvalue weighted by molar-refractivity contribution is -0.151. The normalized spacial score (nSPS) is 28.0. The van der Waals surface area contributed by atoms with Crippen LogP contribution in [0.2, 0.25) is 0 Å². The second-order valence-corrected chi connectivity index (χ2v) is 9.02. The summed E-state index contributed by atoms with van der Waals surface area (Å²) in [5.41, 5.74) is 3.37. The summed E-state index contributed by atoms with van der Waals surface area (Å²) in [4.78, 5) is 9.55. The van der Waals surface area contributed by atoms with Crippen molar-refractivity contribution in [3.8, 4) is 11.1 Å². The number of aromatic nitrogens is 2. The Hall–Kier alpha value is -2.28. The maximum Gasteiger partial charge on any atom is 0.150 e. The van der Waals surface area contributed by atoms with Gasteiger partial charge < -0.3 is 14.8 Å². The van der Waals surface area contributed by atoms with Crippen molar-refractivity contribution < 1.29 is 14.2 Å². The fourth-order valence-electron chi connectivity index (χ4n) is 5.34. The van der Waals surface area contributed by atoms with E-state index in [1.165, 1.54) is 6.20 Å². The lowest BCUT2D eigenvalue weighted by Crippen LogP contribution is -2.60. The van der Waals surface area contributed by atoms with Crippen LogP contribution >= 0.6 is 0 Å². The van der Waals surface area contributed by atoms with Gasteiger partial charge in [-0.05, 0) is 35.2 Å². The first-order chi connectivity index (χ1) is 14.4. The van der Waals surface area contributed by atoms with Gasteiger partial charge in [0.15, 0.2) is 5.82 Å². The number of aromatic amines is 1.